The molecule has 0 spiro atoms. The summed E-state index contributed by atoms with van der Waals surface area (Å²) >= 11 is 0.777. The summed E-state index contributed by atoms with van der Waals surface area (Å²) in [5.41, 5.74) is 14.1. The van der Waals surface area contributed by atoms with Gasteiger partial charge in [0.2, 0.25) is 94.5 Å². The van der Waals surface area contributed by atoms with Gasteiger partial charge >= 0.3 is 11.9 Å². The molecular weight excluding hydrogens is 1700 g/mol. The molecule has 43 heteroatoms. The van der Waals surface area contributed by atoms with E-state index >= 15 is 33.6 Å². The lowest BCUT2D eigenvalue weighted by Crippen LogP contribution is -2.62. The Morgan fingerprint density at radius 2 is 1.03 bits per heavy atom. The number of primary amides is 1. The highest BCUT2D eigenvalue weighted by atomic mass is 32.2. The normalized spacial score (nSPS) is 25.9. The number of phenolic OH excluding ortho intramolecular Hbond substituents is 1. The first-order valence-electron chi connectivity index (χ1n) is 43.2. The summed E-state index contributed by atoms with van der Waals surface area (Å²) < 4.78 is 0. The van der Waals surface area contributed by atoms with Crippen LogP contribution >= 0.6 is 11.8 Å². The summed E-state index contributed by atoms with van der Waals surface area (Å²) in [6, 6.07) is -3.08. The molecule has 4 saturated heterocycles. The number of unbranched alkanes of at least 4 members (excludes halogenated alkanes) is 2. The molecule has 0 radical (unpaired) electrons. The topological polar surface area (TPSA) is 629 Å². The maximum absolute atomic E-state index is 15.6. The number of aromatic amines is 2. The van der Waals surface area contributed by atoms with E-state index < -0.39 is 261 Å². The van der Waals surface area contributed by atoms with Crippen LogP contribution < -0.4 is 64.6 Å². The van der Waals surface area contributed by atoms with Gasteiger partial charge in [-0.05, 0) is 99.2 Å². The molecule has 4 aliphatic rings. The van der Waals surface area contributed by atoms with Gasteiger partial charge in [0.25, 0.3) is 0 Å². The fraction of sp³-hybridized carbons (Fsp3) is 0.535. The summed E-state index contributed by atoms with van der Waals surface area (Å²) in [5.74, 6) is -19.8. The fourth-order valence-electron chi connectivity index (χ4n) is 16.4. The van der Waals surface area contributed by atoms with E-state index in [1.54, 1.807) is 60.9 Å². The van der Waals surface area contributed by atoms with Crippen LogP contribution in [0.1, 0.15) is 134 Å². The number of likely N-dealkylation sites (N-methyl/N-ethyl adjacent to an activating group) is 2. The molecular formula is C86H117N19O23S. The molecule has 0 saturated carbocycles. The minimum absolute atomic E-state index is 0.000922. The standard InChI is InChI=1S/C86H117N19O23S/c1-6-8-21-64-78(120)92-46(3)73(115)100-63(74(116)91-41-69(88)109)44-129-45-70(110)93-58(33-47-25-27-50(107)28-26-47)84(126)103-31-15-14-23-65(103)79(121)97-60(37-72(113)114)85(127)104-32-16-24-66(104)80(122)98-61(38-87)76(118)94-56(29-30-71(111)112)83(125)105-42-51(108)36-68(105)81(123)95-57(34-48-39-89-54-19-12-10-17-52(48)54)75(117)99-62(43-106)77(119)96-59(35-49-40-90-55-20-13-11-18-53(49)55)82(124)102(5)67(22-9-7-2)86(128)101(64)4/h10-13,17-20,25-28,39-40,46,51,56-68,89-90,106-108H,6-9,14-16,21-24,29-38,41-45,87H2,1-5H3,(H2,88,109)(H,91,116)(H,92,120)(H,93,110)(H,94,118)(H,95,123)(H,96,119)(H,97,121)(H,98,122)(H,99,117)(H,100,115)(H,111,112)(H,113,114)/t46-,51+,56-,57-,58-,59-,60-,61-,62-,63-,64-,65-,66-,67-,68-/m0/s1. The average Bonchev–Trinajstić information content (AvgIpc) is 1.64. The number of aliphatic hydroxyl groups is 2. The van der Waals surface area contributed by atoms with Crippen LogP contribution in [0.2, 0.25) is 0 Å². The van der Waals surface area contributed by atoms with E-state index in [0.717, 1.165) is 36.3 Å². The Hall–Kier alpha value is -12.8. The van der Waals surface area contributed by atoms with Crippen molar-refractivity contribution in [1.29, 1.82) is 0 Å². The number of aromatic hydroxyl groups is 1. The molecule has 15 atom stereocenters. The molecule has 3 aromatic carbocycles. The monoisotopic (exact) mass is 1820 g/mol. The number of nitrogens with one attached hydrogen (secondary N) is 12. The van der Waals surface area contributed by atoms with Crippen molar-refractivity contribution < 1.29 is 112 Å². The number of nitrogens with zero attached hydrogens (tertiary/aromatic N) is 5. The minimum atomic E-state index is -1.92. The second kappa shape index (κ2) is 47.3. The van der Waals surface area contributed by atoms with Crippen LogP contribution in [0.5, 0.6) is 5.75 Å². The van der Waals surface area contributed by atoms with Crippen molar-refractivity contribution in [2.45, 2.75) is 227 Å². The number of aromatic nitrogens is 2. The number of hydrogen-bond donors (Lipinski definition) is 19. The molecule has 0 aliphatic carbocycles. The van der Waals surface area contributed by atoms with Gasteiger partial charge in [-0.25, -0.2) is 0 Å². The maximum Gasteiger partial charge on any atom is 0.305 e. The molecule has 2 aromatic heterocycles. The molecule has 129 heavy (non-hydrogen) atoms. The van der Waals surface area contributed by atoms with E-state index in [-0.39, 0.29) is 70.2 Å². The molecule has 700 valence electrons. The second-order valence-electron chi connectivity index (χ2n) is 32.8. The average molecular weight is 1820 g/mol. The highest BCUT2D eigenvalue weighted by Crippen LogP contribution is 2.29. The summed E-state index contributed by atoms with van der Waals surface area (Å²) in [6.07, 6.45) is 0.129. The molecule has 4 fully saturated rings. The summed E-state index contributed by atoms with van der Waals surface area (Å²) in [5, 5.41) is 79.5. The van der Waals surface area contributed by atoms with Crippen LogP contribution in [0.4, 0.5) is 0 Å². The van der Waals surface area contributed by atoms with Gasteiger partial charge in [0.1, 0.15) is 90.3 Å². The Morgan fingerprint density at radius 1 is 0.519 bits per heavy atom. The van der Waals surface area contributed by atoms with Gasteiger partial charge in [-0.15, -0.1) is 11.8 Å². The third-order valence-electron chi connectivity index (χ3n) is 23.4. The Kier molecular flexibility index (Phi) is 36.7. The van der Waals surface area contributed by atoms with E-state index in [1.807, 2.05) is 13.8 Å². The van der Waals surface area contributed by atoms with Crippen molar-refractivity contribution in [1.82, 2.24) is 87.6 Å². The van der Waals surface area contributed by atoms with Crippen molar-refractivity contribution in [3.8, 4) is 5.75 Å². The van der Waals surface area contributed by atoms with Gasteiger partial charge in [-0.3, -0.25) is 86.3 Å². The number of carbonyl (C=O) groups is 18. The number of benzene rings is 3. The predicted molar refractivity (Wildman–Crippen MR) is 466 cm³/mol. The van der Waals surface area contributed by atoms with Crippen LogP contribution in [-0.2, 0) is 106 Å². The van der Waals surface area contributed by atoms with E-state index in [4.69, 9.17) is 11.5 Å². The van der Waals surface area contributed by atoms with Crippen LogP contribution in [0.15, 0.2) is 85.2 Å². The van der Waals surface area contributed by atoms with Gasteiger partial charge in [-0.1, -0.05) is 88.1 Å². The Bertz CT molecular complexity index is 4910. The van der Waals surface area contributed by atoms with Crippen LogP contribution in [-0.4, -0.2) is 322 Å². The summed E-state index contributed by atoms with van der Waals surface area (Å²) in [4.78, 5) is 270. The number of carboxylic acids is 2. The molecule has 5 aromatic rings. The van der Waals surface area contributed by atoms with Gasteiger partial charge in [-0.2, -0.15) is 0 Å². The lowest BCUT2D eigenvalue weighted by atomic mass is 9.97. The predicted octanol–water partition coefficient (Wildman–Crippen LogP) is -3.23. The number of fused-ring (bicyclic) bond motifs is 5. The summed E-state index contributed by atoms with van der Waals surface area (Å²) in [7, 11) is 2.67. The van der Waals surface area contributed by atoms with Crippen LogP contribution in [0.3, 0.4) is 0 Å². The second-order valence-corrected chi connectivity index (χ2v) is 33.8. The number of aliphatic carboxylic acids is 2. The molecule has 9 rings (SSSR count). The molecule has 0 unspecified atom stereocenters. The Morgan fingerprint density at radius 3 is 1.63 bits per heavy atom. The first-order valence-corrected chi connectivity index (χ1v) is 44.3. The lowest BCUT2D eigenvalue weighted by Gasteiger charge is -2.38. The molecule has 4 aliphatic heterocycles. The maximum atomic E-state index is 15.6. The van der Waals surface area contributed by atoms with Crippen LogP contribution in [0, 0.1) is 0 Å². The number of amides is 16. The number of hydrogen-bond acceptors (Lipinski definition) is 23. The fourth-order valence-corrected chi connectivity index (χ4v) is 17.2. The SMILES string of the molecule is CCCC[C@H]1C(=O)N(C)[C@@H](CCCC)C(=O)N[C@@H](C)C(=O)N[C@H](C(=O)NCC(N)=O)CSCC(=O)N[C@@H](Cc2ccc(O)cc2)C(=O)N2CCCC[C@H]2C(=O)N[C@@H](CC(=O)O)C(=O)N2CCC[C@H]2C(=O)N[C@@H](CN)C(=O)N[C@@H](CCC(=O)O)C(=O)N2C[C@H](O)C[C@H]2C(=O)N[C@@H](Cc2c[nH]c3ccccc23)C(=O)N[C@@H](CO)C(=O)N[C@@H](Cc2c[nH]c3ccccc23)C(=O)N1C. The molecule has 42 nitrogen and oxygen atoms in total. The zero-order valence-corrected chi connectivity index (χ0v) is 73.3. The van der Waals surface area contributed by atoms with E-state index in [0.29, 0.717) is 77.0 Å². The van der Waals surface area contributed by atoms with E-state index in [2.05, 4.69) is 63.1 Å². The smallest absolute Gasteiger partial charge is 0.305 e. The number of thioether (sulfide) groups is 1. The zero-order chi connectivity index (χ0) is 94.0. The number of carbonyl (C=O) groups excluding carboxylic acids is 16. The number of aliphatic hydroxyl groups excluding tert-OH is 2. The third-order valence-corrected chi connectivity index (χ3v) is 24.4. The van der Waals surface area contributed by atoms with Crippen molar-refractivity contribution in [3.63, 3.8) is 0 Å². The first-order chi connectivity index (χ1) is 61.5. The first kappa shape index (κ1) is 100.0. The van der Waals surface area contributed by atoms with E-state index in [1.165, 1.54) is 45.3 Å². The van der Waals surface area contributed by atoms with Crippen molar-refractivity contribution >= 4 is 140 Å². The molecule has 0 bridgehead atoms. The number of rotatable bonds is 22. The number of para-hydroxylation sites is 2. The number of phenols is 1. The van der Waals surface area contributed by atoms with Crippen LogP contribution in [0.25, 0.3) is 21.8 Å². The highest BCUT2D eigenvalue weighted by molar-refractivity contribution is 8.00. The van der Waals surface area contributed by atoms with Gasteiger partial charge in [0.15, 0.2) is 0 Å². The quantitative estimate of drug-likeness (QED) is 0.0324. The Labute approximate surface area is 747 Å². The highest BCUT2D eigenvalue weighted by Gasteiger charge is 2.47. The Balaban J connectivity index is 1.07. The van der Waals surface area contributed by atoms with Gasteiger partial charge in [0.05, 0.1) is 31.4 Å². The number of carboxylic acid groups (broad SMARTS) is 2. The third kappa shape index (κ3) is 26.9. The van der Waals surface area contributed by atoms with Crippen molar-refractivity contribution in [2.24, 2.45) is 11.5 Å². The van der Waals surface area contributed by atoms with Crippen molar-refractivity contribution in [2.75, 3.05) is 64.9 Å². The largest absolute Gasteiger partial charge is 0.508 e. The van der Waals surface area contributed by atoms with Crippen molar-refractivity contribution in [3.05, 3.63) is 102 Å². The number of piperidine rings is 1. The minimum Gasteiger partial charge on any atom is -0.508 e. The summed E-state index contributed by atoms with van der Waals surface area (Å²) in [6.45, 7) is 1.52. The van der Waals surface area contributed by atoms with Gasteiger partial charge < -0.3 is 125 Å². The zero-order valence-electron chi connectivity index (χ0n) is 72.5. The molecule has 21 N–H and O–H groups in total. The van der Waals surface area contributed by atoms with Gasteiger partial charge in [0, 0.05) is 112 Å². The molecule has 16 amide bonds. The lowest BCUT2D eigenvalue weighted by molar-refractivity contribution is -0.149. The van der Waals surface area contributed by atoms with E-state index in [9.17, 15) is 78.3 Å². The number of nitrogens with two attached hydrogens (primary N) is 2. The molecule has 6 heterocycles. The number of H-pyrrole nitrogens is 2.